The number of allylic oxidation sites excluding steroid dienone is 4. The van der Waals surface area contributed by atoms with Gasteiger partial charge in [0, 0.05) is 78.3 Å². The number of rotatable bonds is 7. The SMILES string of the molecule is C=C(/C(=C\C(C)=C/C)C(C)=O)N1CC2(CCOCC2)C1.CC.CC.CN1CCc2sc(C(=O)Nc3c(F)cccc3F)cc2-c2ccccc21.Cc1ccc(C=O)cc1. The van der Waals surface area contributed by atoms with Gasteiger partial charge in [0.2, 0.25) is 0 Å². The van der Waals surface area contributed by atoms with Gasteiger partial charge in [-0.1, -0.05) is 100 Å². The molecule has 0 unspecified atom stereocenters. The quantitative estimate of drug-likeness (QED) is 0.114. The molecule has 2 saturated heterocycles. The first-order valence-electron chi connectivity index (χ1n) is 20.4. The van der Waals surface area contributed by atoms with E-state index in [9.17, 15) is 23.2 Å². The highest BCUT2D eigenvalue weighted by molar-refractivity contribution is 7.14. The first kappa shape index (κ1) is 48.2. The van der Waals surface area contributed by atoms with Crippen LogP contribution in [0.25, 0.3) is 11.1 Å². The average Bonchev–Trinajstić information content (AvgIpc) is 3.63. The Labute approximate surface area is 354 Å². The lowest BCUT2D eigenvalue weighted by Crippen LogP contribution is -2.57. The zero-order valence-corrected chi connectivity index (χ0v) is 37.0. The van der Waals surface area contributed by atoms with Gasteiger partial charge in [0.25, 0.3) is 5.91 Å². The highest BCUT2D eigenvalue weighted by Gasteiger charge is 2.44. The van der Waals surface area contributed by atoms with Crippen LogP contribution in [0.5, 0.6) is 0 Å². The summed E-state index contributed by atoms with van der Waals surface area (Å²) in [6.45, 7) is 24.3. The zero-order valence-electron chi connectivity index (χ0n) is 36.2. The molecular weight excluding hydrogens is 765 g/mol. The molecule has 7 rings (SSSR count). The molecule has 59 heavy (non-hydrogen) atoms. The van der Waals surface area contributed by atoms with Gasteiger partial charge in [-0.05, 0) is 82.9 Å². The number of carbonyl (C=O) groups excluding carboxylic acids is 3. The summed E-state index contributed by atoms with van der Waals surface area (Å²) in [4.78, 5) is 40.5. The lowest BCUT2D eigenvalue weighted by Gasteiger charge is -2.54. The molecule has 4 aromatic rings. The van der Waals surface area contributed by atoms with E-state index >= 15 is 0 Å². The fraction of sp³-hybridized carbons (Fsp3) is 0.367. The molecule has 3 aliphatic heterocycles. The number of hydrogen-bond donors (Lipinski definition) is 1. The molecule has 0 aliphatic carbocycles. The van der Waals surface area contributed by atoms with E-state index < -0.39 is 23.2 Å². The third-order valence-corrected chi connectivity index (χ3v) is 11.4. The maximum atomic E-state index is 13.8. The van der Waals surface area contributed by atoms with Crippen molar-refractivity contribution < 1.29 is 27.9 Å². The number of likely N-dealkylation sites (N-methyl/N-ethyl adjacent to an activating group) is 1. The van der Waals surface area contributed by atoms with Gasteiger partial charge in [-0.25, -0.2) is 8.78 Å². The Balaban J connectivity index is 0.000000249. The van der Waals surface area contributed by atoms with Crippen molar-refractivity contribution >= 4 is 40.7 Å². The highest BCUT2D eigenvalue weighted by Crippen LogP contribution is 2.43. The van der Waals surface area contributed by atoms with Crippen molar-refractivity contribution in [3.8, 4) is 11.1 Å². The normalized spacial score (nSPS) is 15.0. The van der Waals surface area contributed by atoms with Gasteiger partial charge in [0.15, 0.2) is 5.78 Å². The summed E-state index contributed by atoms with van der Waals surface area (Å²) in [5, 5.41) is 2.36. The van der Waals surface area contributed by atoms with Gasteiger partial charge < -0.3 is 19.9 Å². The molecule has 1 aromatic heterocycles. The van der Waals surface area contributed by atoms with Crippen LogP contribution >= 0.6 is 11.3 Å². The molecule has 7 nitrogen and oxygen atoms in total. The van der Waals surface area contributed by atoms with Crippen LogP contribution in [0.4, 0.5) is 20.2 Å². The summed E-state index contributed by atoms with van der Waals surface area (Å²) in [5.41, 5.74) is 7.79. The van der Waals surface area contributed by atoms with Crippen LogP contribution in [-0.2, 0) is 16.0 Å². The maximum Gasteiger partial charge on any atom is 0.265 e. The van der Waals surface area contributed by atoms with E-state index in [-0.39, 0.29) is 5.78 Å². The lowest BCUT2D eigenvalue weighted by atomic mass is 9.73. The summed E-state index contributed by atoms with van der Waals surface area (Å²) in [6.07, 6.45) is 7.87. The number of ether oxygens (including phenoxy) is 1. The third kappa shape index (κ3) is 12.9. The molecule has 0 saturated carbocycles. The Bertz CT molecular complexity index is 2070. The van der Waals surface area contributed by atoms with Crippen LogP contribution in [0.3, 0.4) is 0 Å². The van der Waals surface area contributed by atoms with Crippen molar-refractivity contribution in [2.24, 2.45) is 5.41 Å². The molecule has 3 aromatic carbocycles. The largest absolute Gasteiger partial charge is 0.381 e. The van der Waals surface area contributed by atoms with Crippen LogP contribution < -0.4 is 10.2 Å². The van der Waals surface area contributed by atoms with Crippen LogP contribution in [0, 0.1) is 24.0 Å². The number of benzene rings is 3. The molecule has 1 N–H and O–H groups in total. The lowest BCUT2D eigenvalue weighted by molar-refractivity contribution is -0.114. The second-order valence-corrected chi connectivity index (χ2v) is 15.4. The van der Waals surface area contributed by atoms with E-state index in [2.05, 4.69) is 27.8 Å². The van der Waals surface area contributed by atoms with Crippen molar-refractivity contribution in [2.45, 2.75) is 74.7 Å². The number of likely N-dealkylation sites (tertiary alicyclic amines) is 1. The van der Waals surface area contributed by atoms with Crippen molar-refractivity contribution in [2.75, 3.05) is 50.1 Å². The smallest absolute Gasteiger partial charge is 0.265 e. The third-order valence-electron chi connectivity index (χ3n) is 10.2. The topological polar surface area (TPSA) is 79.0 Å². The predicted molar refractivity (Wildman–Crippen MR) is 242 cm³/mol. The van der Waals surface area contributed by atoms with Gasteiger partial charge in [0.1, 0.15) is 23.6 Å². The first-order chi connectivity index (χ1) is 28.3. The number of nitrogens with one attached hydrogen (secondary N) is 1. The number of Topliss-reactive ketones (excluding diaryl/α,β-unsaturated/α-hetero) is 1. The number of amides is 1. The van der Waals surface area contributed by atoms with E-state index in [4.69, 9.17) is 4.74 Å². The Morgan fingerprint density at radius 2 is 1.51 bits per heavy atom. The monoisotopic (exact) mass is 825 g/mol. The minimum Gasteiger partial charge on any atom is -0.381 e. The molecule has 1 spiro atoms. The minimum absolute atomic E-state index is 0.0872. The summed E-state index contributed by atoms with van der Waals surface area (Å²) < 4.78 is 33.0. The van der Waals surface area contributed by atoms with Gasteiger partial charge in [0.05, 0.1) is 4.88 Å². The summed E-state index contributed by atoms with van der Waals surface area (Å²) in [5.74, 6) is -1.99. The summed E-state index contributed by atoms with van der Waals surface area (Å²) in [6, 6.07) is 20.8. The Morgan fingerprint density at radius 3 is 2.08 bits per heavy atom. The number of aldehydes is 1. The molecule has 0 bridgehead atoms. The first-order valence-corrected chi connectivity index (χ1v) is 21.2. The second kappa shape index (κ2) is 23.4. The maximum absolute atomic E-state index is 13.8. The fourth-order valence-electron chi connectivity index (χ4n) is 6.76. The van der Waals surface area contributed by atoms with E-state index in [1.165, 1.54) is 23.0 Å². The number of ketones is 1. The van der Waals surface area contributed by atoms with Crippen molar-refractivity contribution in [1.82, 2.24) is 4.90 Å². The molecule has 316 valence electrons. The second-order valence-electron chi connectivity index (χ2n) is 14.3. The average molecular weight is 826 g/mol. The molecule has 2 fully saturated rings. The number of anilines is 2. The molecular formula is C49H61F2N3O4S. The minimum atomic E-state index is -0.788. The van der Waals surface area contributed by atoms with E-state index in [0.29, 0.717) is 10.3 Å². The highest BCUT2D eigenvalue weighted by atomic mass is 32.1. The number of fused-ring (bicyclic) bond motifs is 3. The van der Waals surface area contributed by atoms with Crippen LogP contribution in [0.1, 0.15) is 91.8 Å². The van der Waals surface area contributed by atoms with E-state index in [0.717, 1.165) is 115 Å². The van der Waals surface area contributed by atoms with Crippen molar-refractivity contribution in [1.29, 1.82) is 0 Å². The Morgan fingerprint density at radius 1 is 0.898 bits per heavy atom. The molecule has 1 amide bonds. The Hall–Kier alpha value is -5.19. The predicted octanol–water partition coefficient (Wildman–Crippen LogP) is 11.9. The number of halogens is 2. The fourth-order valence-corrected chi connectivity index (χ4v) is 7.82. The van der Waals surface area contributed by atoms with Gasteiger partial charge in [-0.2, -0.15) is 0 Å². The number of hydrogen-bond acceptors (Lipinski definition) is 7. The van der Waals surface area contributed by atoms with E-state index in [1.54, 1.807) is 6.92 Å². The molecule has 3 aliphatic rings. The van der Waals surface area contributed by atoms with Gasteiger partial charge in [-0.15, -0.1) is 11.3 Å². The number of aryl methyl sites for hydroxylation is 1. The number of thiophene rings is 1. The van der Waals surface area contributed by atoms with Crippen molar-refractivity contribution in [3.63, 3.8) is 0 Å². The van der Waals surface area contributed by atoms with Gasteiger partial charge >= 0.3 is 0 Å². The summed E-state index contributed by atoms with van der Waals surface area (Å²) >= 11 is 1.37. The number of nitrogens with zero attached hydrogens (tertiary/aromatic N) is 2. The van der Waals surface area contributed by atoms with Crippen molar-refractivity contribution in [3.05, 3.63) is 141 Å². The zero-order chi connectivity index (χ0) is 43.7. The molecule has 0 atom stereocenters. The van der Waals surface area contributed by atoms with Crippen LogP contribution in [0.2, 0.25) is 0 Å². The molecule has 0 radical (unpaired) electrons. The molecule has 4 heterocycles. The Kier molecular flexibility index (Phi) is 19.1. The molecule has 10 heteroatoms. The van der Waals surface area contributed by atoms with Crippen LogP contribution in [-0.4, -0.2) is 62.8 Å². The van der Waals surface area contributed by atoms with Crippen LogP contribution in [0.15, 0.2) is 108 Å². The number of carbonyl (C=O) groups is 3. The van der Waals surface area contributed by atoms with E-state index in [1.807, 2.05) is 116 Å². The van der Waals surface area contributed by atoms with Gasteiger partial charge in [-0.3, -0.25) is 14.4 Å². The standard InChI is InChI=1S/C20H16F2N2OS.C17H25NO2.C8H8O.2C2H6/c1-24-10-9-17-13(12-5-2-3-8-16(12)24)11-18(26-17)20(25)23-19-14(21)6-4-7-15(19)22;1-5-13(2)10-16(15(4)19)14(3)18-11-17(12-18)6-8-20-9-7-17;1-7-2-4-8(6-9)5-3-7;2*1-2/h2-8,11H,9-10H2,1H3,(H,23,25);5,10H,3,6-9,11-12H2,1-2,4H3;2-6H,1H3;2*1-2H3/b;13-5-,16-10+;;;. The number of para-hydroxylation sites is 2. The summed E-state index contributed by atoms with van der Waals surface area (Å²) in [7, 11) is 2.05.